The molecule has 2 N–H and O–H groups in total. The van der Waals surface area contributed by atoms with Gasteiger partial charge >= 0.3 is 5.97 Å². The minimum absolute atomic E-state index is 0.0202. The Bertz CT molecular complexity index is 785. The van der Waals surface area contributed by atoms with Crippen LogP contribution in [0.15, 0.2) is 33.3 Å². The number of benzene rings is 1. The molecule has 1 heterocycles. The van der Waals surface area contributed by atoms with E-state index in [1.165, 1.54) is 24.3 Å². The summed E-state index contributed by atoms with van der Waals surface area (Å²) in [5, 5.41) is 12.5. The van der Waals surface area contributed by atoms with E-state index in [1.807, 2.05) is 0 Å². The summed E-state index contributed by atoms with van der Waals surface area (Å²) in [4.78, 5) is 10.9. The van der Waals surface area contributed by atoms with E-state index in [0.717, 1.165) is 0 Å². The van der Waals surface area contributed by atoms with Crippen molar-refractivity contribution in [3.63, 3.8) is 0 Å². The largest absolute Gasteiger partial charge is 0.478 e. The maximum Gasteiger partial charge on any atom is 0.335 e. The van der Waals surface area contributed by atoms with Gasteiger partial charge in [0.25, 0.3) is 0 Å². The van der Waals surface area contributed by atoms with Gasteiger partial charge in [0.1, 0.15) is 17.2 Å². The molecule has 2 rings (SSSR count). The summed E-state index contributed by atoms with van der Waals surface area (Å²) >= 11 is 3.17. The summed E-state index contributed by atoms with van der Waals surface area (Å²) in [6, 6.07) is 5.58. The first-order valence-corrected chi connectivity index (χ1v) is 8.17. The number of sulfonamides is 1. The molecule has 1 aromatic heterocycles. The van der Waals surface area contributed by atoms with Crippen LogP contribution in [-0.4, -0.2) is 24.7 Å². The Hall–Kier alpha value is -1.87. The highest BCUT2D eigenvalue weighted by molar-refractivity contribution is 9.10. The van der Waals surface area contributed by atoms with E-state index in [9.17, 15) is 13.2 Å². The Morgan fingerprint density at radius 1 is 1.43 bits per heavy atom. The lowest BCUT2D eigenvalue weighted by Gasteiger charge is -2.09. The normalized spacial score (nSPS) is 11.3. The molecule has 21 heavy (non-hydrogen) atoms. The maximum atomic E-state index is 12.1. The molecule has 0 saturated carbocycles. The maximum absolute atomic E-state index is 12.1. The van der Waals surface area contributed by atoms with Gasteiger partial charge in [-0.2, -0.15) is 0 Å². The quantitative estimate of drug-likeness (QED) is 0.831. The van der Waals surface area contributed by atoms with Gasteiger partial charge in [-0.25, -0.2) is 13.2 Å². The van der Waals surface area contributed by atoms with Crippen molar-refractivity contribution in [1.82, 2.24) is 5.16 Å². The molecule has 0 aliphatic rings. The summed E-state index contributed by atoms with van der Waals surface area (Å²) in [5.41, 5.74) is 0.397. The van der Waals surface area contributed by atoms with Crippen LogP contribution in [0.3, 0.4) is 0 Å². The predicted molar refractivity (Wildman–Crippen MR) is 78.6 cm³/mol. The molecule has 112 valence electrons. The Morgan fingerprint density at radius 2 is 2.14 bits per heavy atom. The predicted octanol–water partition coefficient (Wildman–Crippen LogP) is 2.39. The van der Waals surface area contributed by atoms with Crippen molar-refractivity contribution in [3.8, 4) is 0 Å². The minimum Gasteiger partial charge on any atom is -0.478 e. The molecular formula is C12H11BrN2O5S. The summed E-state index contributed by atoms with van der Waals surface area (Å²) < 4.78 is 31.7. The minimum atomic E-state index is -3.73. The van der Waals surface area contributed by atoms with Crippen LogP contribution in [0.4, 0.5) is 5.69 Å². The standard InChI is InChI=1S/C12H11BrN2O5S/c1-7-4-9(14-20-7)6-21(18,19)15-11-5-8(12(16)17)2-3-10(11)13/h2-5,15H,6H2,1H3,(H,16,17). The molecule has 0 saturated heterocycles. The summed E-state index contributed by atoms with van der Waals surface area (Å²) in [7, 11) is -3.73. The van der Waals surface area contributed by atoms with Crippen molar-refractivity contribution < 1.29 is 22.8 Å². The summed E-state index contributed by atoms with van der Waals surface area (Å²) in [5.74, 6) is -1.00. The fourth-order valence-electron chi connectivity index (χ4n) is 1.62. The lowest BCUT2D eigenvalue weighted by atomic mass is 10.2. The number of hydrogen-bond donors (Lipinski definition) is 2. The van der Waals surface area contributed by atoms with Crippen LogP contribution in [0.25, 0.3) is 0 Å². The fraction of sp³-hybridized carbons (Fsp3) is 0.167. The van der Waals surface area contributed by atoms with Crippen molar-refractivity contribution in [1.29, 1.82) is 0 Å². The average molecular weight is 375 g/mol. The zero-order valence-electron chi connectivity index (χ0n) is 10.8. The molecule has 0 aliphatic carbocycles. The van der Waals surface area contributed by atoms with Crippen LogP contribution in [0, 0.1) is 6.92 Å². The molecule has 1 aromatic carbocycles. The van der Waals surface area contributed by atoms with E-state index in [-0.39, 0.29) is 22.7 Å². The van der Waals surface area contributed by atoms with Crippen LogP contribution in [-0.2, 0) is 15.8 Å². The monoisotopic (exact) mass is 374 g/mol. The molecule has 9 heteroatoms. The van der Waals surface area contributed by atoms with Crippen LogP contribution >= 0.6 is 15.9 Å². The van der Waals surface area contributed by atoms with E-state index >= 15 is 0 Å². The van der Waals surface area contributed by atoms with Crippen LogP contribution in [0.1, 0.15) is 21.8 Å². The fourth-order valence-corrected chi connectivity index (χ4v) is 3.20. The highest BCUT2D eigenvalue weighted by atomic mass is 79.9. The molecule has 0 bridgehead atoms. The van der Waals surface area contributed by atoms with Gasteiger partial charge in [0.15, 0.2) is 0 Å². The number of halogens is 1. The number of nitrogens with zero attached hydrogens (tertiary/aromatic N) is 1. The molecular weight excluding hydrogens is 364 g/mol. The molecule has 0 spiro atoms. The zero-order chi connectivity index (χ0) is 15.6. The van der Waals surface area contributed by atoms with Crippen LogP contribution in [0.2, 0.25) is 0 Å². The lowest BCUT2D eigenvalue weighted by molar-refractivity contribution is 0.0697. The lowest BCUT2D eigenvalue weighted by Crippen LogP contribution is -2.16. The van der Waals surface area contributed by atoms with Crippen molar-refractivity contribution in [2.45, 2.75) is 12.7 Å². The van der Waals surface area contributed by atoms with Crippen molar-refractivity contribution in [2.75, 3.05) is 4.72 Å². The third kappa shape index (κ3) is 4.05. The van der Waals surface area contributed by atoms with Gasteiger partial charge in [0, 0.05) is 10.5 Å². The average Bonchev–Trinajstić information content (AvgIpc) is 2.76. The van der Waals surface area contributed by atoms with Gasteiger partial charge in [-0.3, -0.25) is 4.72 Å². The summed E-state index contributed by atoms with van der Waals surface area (Å²) in [6.07, 6.45) is 0. The Kier molecular flexibility index (Phi) is 4.33. The number of aromatic carboxylic acids is 1. The summed E-state index contributed by atoms with van der Waals surface area (Å²) in [6.45, 7) is 1.66. The number of aryl methyl sites for hydroxylation is 1. The Balaban J connectivity index is 2.24. The van der Waals surface area contributed by atoms with E-state index in [4.69, 9.17) is 9.63 Å². The number of rotatable bonds is 5. The van der Waals surface area contributed by atoms with Crippen LogP contribution in [0.5, 0.6) is 0 Å². The Labute approximate surface area is 129 Å². The first-order valence-electron chi connectivity index (χ1n) is 5.72. The number of anilines is 1. The zero-order valence-corrected chi connectivity index (χ0v) is 13.2. The molecule has 0 atom stereocenters. The first kappa shape index (κ1) is 15.5. The highest BCUT2D eigenvalue weighted by Crippen LogP contribution is 2.25. The van der Waals surface area contributed by atoms with Gasteiger partial charge in [-0.05, 0) is 41.1 Å². The van der Waals surface area contributed by atoms with E-state index in [0.29, 0.717) is 10.2 Å². The molecule has 0 fully saturated rings. The number of carboxylic acids is 1. The second-order valence-electron chi connectivity index (χ2n) is 4.29. The molecule has 0 amide bonds. The molecule has 0 aliphatic heterocycles. The Morgan fingerprint density at radius 3 is 2.71 bits per heavy atom. The molecule has 0 unspecified atom stereocenters. The topological polar surface area (TPSA) is 110 Å². The molecule has 0 radical (unpaired) electrons. The van der Waals surface area contributed by atoms with Gasteiger partial charge < -0.3 is 9.63 Å². The highest BCUT2D eigenvalue weighted by Gasteiger charge is 2.17. The van der Waals surface area contributed by atoms with E-state index < -0.39 is 16.0 Å². The van der Waals surface area contributed by atoms with E-state index in [2.05, 4.69) is 25.8 Å². The van der Waals surface area contributed by atoms with Crippen molar-refractivity contribution >= 4 is 37.6 Å². The number of nitrogens with one attached hydrogen (secondary N) is 1. The number of carbonyl (C=O) groups is 1. The van der Waals surface area contributed by atoms with Crippen molar-refractivity contribution in [3.05, 3.63) is 45.8 Å². The van der Waals surface area contributed by atoms with Gasteiger partial charge in [0.2, 0.25) is 10.0 Å². The number of carboxylic acid groups (broad SMARTS) is 1. The number of hydrogen-bond acceptors (Lipinski definition) is 5. The molecule has 7 nitrogen and oxygen atoms in total. The van der Waals surface area contributed by atoms with Gasteiger partial charge in [-0.1, -0.05) is 5.16 Å². The van der Waals surface area contributed by atoms with Gasteiger partial charge in [0.05, 0.1) is 11.3 Å². The third-order valence-corrected chi connectivity index (χ3v) is 4.39. The SMILES string of the molecule is Cc1cc(CS(=O)(=O)Nc2cc(C(=O)O)ccc2Br)no1. The van der Waals surface area contributed by atoms with E-state index in [1.54, 1.807) is 6.92 Å². The third-order valence-electron chi connectivity index (χ3n) is 2.49. The second-order valence-corrected chi connectivity index (χ2v) is 6.87. The van der Waals surface area contributed by atoms with Crippen molar-refractivity contribution in [2.24, 2.45) is 0 Å². The van der Waals surface area contributed by atoms with Gasteiger partial charge in [-0.15, -0.1) is 0 Å². The first-order chi connectivity index (χ1) is 9.77. The number of aromatic nitrogens is 1. The smallest absolute Gasteiger partial charge is 0.335 e. The molecule has 2 aromatic rings. The second kappa shape index (κ2) is 5.86. The van der Waals surface area contributed by atoms with Crippen LogP contribution < -0.4 is 4.72 Å².